The number of carbonyl (C=O) groups is 2. The van der Waals surface area contributed by atoms with Gasteiger partial charge in [0.25, 0.3) is 5.91 Å². The summed E-state index contributed by atoms with van der Waals surface area (Å²) in [6, 6.07) is 14.4. The largest absolute Gasteiger partial charge is 0.483 e. The number of halogens is 3. The molecule has 6 nitrogen and oxygen atoms in total. The number of carbonyl (C=O) groups excluding carboxylic acids is 2. The van der Waals surface area contributed by atoms with Gasteiger partial charge < -0.3 is 9.47 Å². The standard InChI is InChI=1S/C26H23Br2FN2O4/c1-15(2)21-8-7-16(3)9-23(21)34-14-24(32)31-30-13-18-10-19(27)12-22(28)25(18)35-26(33)17-5-4-6-20(29)11-17/h4-13,15H,14H2,1-3H3,(H,31,32)/b30-13-. The number of nitrogens with one attached hydrogen (secondary N) is 1. The average Bonchev–Trinajstić information content (AvgIpc) is 2.79. The van der Waals surface area contributed by atoms with Crippen molar-refractivity contribution in [1.82, 2.24) is 5.43 Å². The molecule has 3 aromatic carbocycles. The van der Waals surface area contributed by atoms with Crippen molar-refractivity contribution in [1.29, 1.82) is 0 Å². The van der Waals surface area contributed by atoms with E-state index in [-0.39, 0.29) is 23.8 Å². The first kappa shape index (κ1) is 26.6. The Balaban J connectivity index is 1.69. The number of hydrazone groups is 1. The van der Waals surface area contributed by atoms with Gasteiger partial charge in [-0.3, -0.25) is 4.79 Å². The van der Waals surface area contributed by atoms with E-state index in [4.69, 9.17) is 9.47 Å². The molecule has 1 N–H and O–H groups in total. The second-order valence-corrected chi connectivity index (χ2v) is 9.75. The monoisotopic (exact) mass is 604 g/mol. The summed E-state index contributed by atoms with van der Waals surface area (Å²) in [4.78, 5) is 24.8. The Kier molecular flexibility index (Phi) is 9.17. The SMILES string of the molecule is Cc1ccc(C(C)C)c(OCC(=O)N/N=C\c2cc(Br)cc(Br)c2OC(=O)c2cccc(F)c2)c1. The molecule has 0 saturated carbocycles. The van der Waals surface area contributed by atoms with Crippen LogP contribution in [0.4, 0.5) is 4.39 Å². The summed E-state index contributed by atoms with van der Waals surface area (Å²) in [5.74, 6) is -0.675. The van der Waals surface area contributed by atoms with Gasteiger partial charge in [0.05, 0.1) is 16.3 Å². The summed E-state index contributed by atoms with van der Waals surface area (Å²) < 4.78 is 25.8. The van der Waals surface area contributed by atoms with Crippen LogP contribution in [0.25, 0.3) is 0 Å². The van der Waals surface area contributed by atoms with E-state index in [2.05, 4.69) is 56.2 Å². The fraction of sp³-hybridized carbons (Fsp3) is 0.192. The number of nitrogens with zero attached hydrogens (tertiary/aromatic N) is 1. The molecule has 0 unspecified atom stereocenters. The Hall–Kier alpha value is -3.04. The number of rotatable bonds is 8. The highest BCUT2D eigenvalue weighted by atomic mass is 79.9. The molecule has 0 heterocycles. The lowest BCUT2D eigenvalue weighted by atomic mass is 10.0. The molecule has 3 aromatic rings. The highest BCUT2D eigenvalue weighted by Crippen LogP contribution is 2.33. The van der Waals surface area contributed by atoms with Gasteiger partial charge in [-0.15, -0.1) is 0 Å². The number of hydrogen-bond donors (Lipinski definition) is 1. The van der Waals surface area contributed by atoms with Gasteiger partial charge in [-0.2, -0.15) is 5.10 Å². The van der Waals surface area contributed by atoms with Gasteiger partial charge in [0.2, 0.25) is 0 Å². The second kappa shape index (κ2) is 12.1. The van der Waals surface area contributed by atoms with E-state index in [1.165, 1.54) is 24.4 Å². The van der Waals surface area contributed by atoms with Crippen LogP contribution in [0.1, 0.15) is 46.8 Å². The summed E-state index contributed by atoms with van der Waals surface area (Å²) in [6.07, 6.45) is 1.34. The lowest BCUT2D eigenvalue weighted by Crippen LogP contribution is -2.25. The van der Waals surface area contributed by atoms with Gasteiger partial charge in [-0.1, -0.05) is 48.0 Å². The van der Waals surface area contributed by atoms with E-state index >= 15 is 0 Å². The third-order valence-corrected chi connectivity index (χ3v) is 5.88. The van der Waals surface area contributed by atoms with Crippen LogP contribution < -0.4 is 14.9 Å². The molecule has 0 spiro atoms. The topological polar surface area (TPSA) is 77.0 Å². The first-order chi connectivity index (χ1) is 16.6. The maximum Gasteiger partial charge on any atom is 0.343 e. The lowest BCUT2D eigenvalue weighted by molar-refractivity contribution is -0.123. The van der Waals surface area contributed by atoms with Crippen molar-refractivity contribution in [3.63, 3.8) is 0 Å². The van der Waals surface area contributed by atoms with Gasteiger partial charge in [-0.05, 0) is 76.3 Å². The molecular formula is C26H23Br2FN2O4. The van der Waals surface area contributed by atoms with Crippen molar-refractivity contribution < 1.29 is 23.5 Å². The Morgan fingerprint density at radius 3 is 2.60 bits per heavy atom. The first-order valence-corrected chi connectivity index (χ1v) is 12.2. The quantitative estimate of drug-likeness (QED) is 0.137. The minimum atomic E-state index is -0.737. The predicted octanol–water partition coefficient (Wildman–Crippen LogP) is 6.53. The highest BCUT2D eigenvalue weighted by Gasteiger charge is 2.16. The van der Waals surface area contributed by atoms with Crippen LogP contribution in [0.5, 0.6) is 11.5 Å². The summed E-state index contributed by atoms with van der Waals surface area (Å²) >= 11 is 6.73. The highest BCUT2D eigenvalue weighted by molar-refractivity contribution is 9.11. The van der Waals surface area contributed by atoms with Crippen molar-refractivity contribution in [3.8, 4) is 11.5 Å². The first-order valence-electron chi connectivity index (χ1n) is 10.7. The van der Waals surface area contributed by atoms with Crippen LogP contribution in [0.15, 0.2) is 68.6 Å². The maximum absolute atomic E-state index is 13.5. The Labute approximate surface area is 219 Å². The molecule has 35 heavy (non-hydrogen) atoms. The minimum absolute atomic E-state index is 0.0603. The van der Waals surface area contributed by atoms with Crippen LogP contribution >= 0.6 is 31.9 Å². The van der Waals surface area contributed by atoms with Gasteiger partial charge in [-0.25, -0.2) is 14.6 Å². The number of amides is 1. The van der Waals surface area contributed by atoms with Crippen molar-refractivity contribution in [2.45, 2.75) is 26.7 Å². The fourth-order valence-electron chi connectivity index (χ4n) is 3.14. The number of aryl methyl sites for hydroxylation is 1. The molecule has 9 heteroatoms. The molecular weight excluding hydrogens is 583 g/mol. The zero-order valence-corrected chi connectivity index (χ0v) is 22.4. The lowest BCUT2D eigenvalue weighted by Gasteiger charge is -2.14. The molecule has 3 rings (SSSR count). The van der Waals surface area contributed by atoms with Crippen LogP contribution in [-0.2, 0) is 4.79 Å². The zero-order chi connectivity index (χ0) is 25.5. The Bertz CT molecular complexity index is 1280. The number of esters is 1. The normalized spacial score (nSPS) is 11.1. The molecule has 0 aliphatic carbocycles. The molecule has 0 saturated heterocycles. The van der Waals surface area contributed by atoms with Gasteiger partial charge in [0.15, 0.2) is 12.4 Å². The zero-order valence-electron chi connectivity index (χ0n) is 19.3. The van der Waals surface area contributed by atoms with E-state index in [9.17, 15) is 14.0 Å². The number of ether oxygens (including phenoxy) is 2. The van der Waals surface area contributed by atoms with Gasteiger partial charge in [0.1, 0.15) is 11.6 Å². The van der Waals surface area contributed by atoms with Gasteiger partial charge in [0, 0.05) is 10.0 Å². The molecule has 182 valence electrons. The van der Waals surface area contributed by atoms with E-state index in [1.807, 2.05) is 25.1 Å². The molecule has 0 fully saturated rings. The van der Waals surface area contributed by atoms with Crippen LogP contribution in [-0.4, -0.2) is 24.7 Å². The Morgan fingerprint density at radius 2 is 1.89 bits per heavy atom. The number of benzene rings is 3. The van der Waals surface area contributed by atoms with Crippen molar-refractivity contribution >= 4 is 50.0 Å². The molecule has 0 aliphatic heterocycles. The van der Waals surface area contributed by atoms with Crippen molar-refractivity contribution in [3.05, 3.63) is 91.6 Å². The second-order valence-electron chi connectivity index (χ2n) is 7.98. The van der Waals surface area contributed by atoms with Crippen molar-refractivity contribution in [2.75, 3.05) is 6.61 Å². The molecule has 0 radical (unpaired) electrons. The average molecular weight is 606 g/mol. The van der Waals surface area contributed by atoms with Crippen LogP contribution in [0.2, 0.25) is 0 Å². The van der Waals surface area contributed by atoms with Gasteiger partial charge >= 0.3 is 5.97 Å². The predicted molar refractivity (Wildman–Crippen MR) is 140 cm³/mol. The Morgan fingerprint density at radius 1 is 1.11 bits per heavy atom. The third kappa shape index (κ3) is 7.47. The van der Waals surface area contributed by atoms with E-state index in [0.717, 1.165) is 17.2 Å². The van der Waals surface area contributed by atoms with Crippen LogP contribution in [0, 0.1) is 12.7 Å². The molecule has 0 aliphatic rings. The fourth-order valence-corrected chi connectivity index (χ4v) is 4.48. The number of hydrogen-bond acceptors (Lipinski definition) is 5. The minimum Gasteiger partial charge on any atom is -0.483 e. The summed E-state index contributed by atoms with van der Waals surface area (Å²) in [5, 5.41) is 3.97. The third-order valence-electron chi connectivity index (χ3n) is 4.83. The summed E-state index contributed by atoms with van der Waals surface area (Å²) in [6.45, 7) is 5.84. The van der Waals surface area contributed by atoms with E-state index < -0.39 is 17.7 Å². The molecule has 0 atom stereocenters. The van der Waals surface area contributed by atoms with Crippen molar-refractivity contribution in [2.24, 2.45) is 5.10 Å². The maximum atomic E-state index is 13.5. The molecule has 0 bridgehead atoms. The molecule has 0 aromatic heterocycles. The van der Waals surface area contributed by atoms with E-state index in [0.29, 0.717) is 20.3 Å². The summed E-state index contributed by atoms with van der Waals surface area (Å²) in [7, 11) is 0. The summed E-state index contributed by atoms with van der Waals surface area (Å²) in [5.41, 5.74) is 4.91. The smallest absolute Gasteiger partial charge is 0.343 e. The molecule has 1 amide bonds. The van der Waals surface area contributed by atoms with E-state index in [1.54, 1.807) is 12.1 Å². The van der Waals surface area contributed by atoms with Crippen LogP contribution in [0.3, 0.4) is 0 Å².